The highest BCUT2D eigenvalue weighted by Gasteiger charge is 2.66. The maximum atomic E-state index is 14.7. The van der Waals surface area contributed by atoms with Gasteiger partial charge in [0, 0.05) is 42.8 Å². The summed E-state index contributed by atoms with van der Waals surface area (Å²) in [6.07, 6.45) is 3.39. The Morgan fingerprint density at radius 2 is 1.75 bits per heavy atom. The lowest BCUT2D eigenvalue weighted by molar-refractivity contribution is -0.165. The van der Waals surface area contributed by atoms with Gasteiger partial charge in [-0.3, -0.25) is 4.79 Å². The molecule has 12 heteroatoms. The van der Waals surface area contributed by atoms with E-state index in [1.807, 2.05) is 0 Å². The number of carbonyl (C=O) groups is 1. The van der Waals surface area contributed by atoms with E-state index in [0.717, 1.165) is 11.6 Å². The van der Waals surface area contributed by atoms with Crippen LogP contribution in [0.2, 0.25) is 0 Å². The first-order chi connectivity index (χ1) is 17.2. The van der Waals surface area contributed by atoms with Crippen LogP contribution < -0.4 is 5.32 Å². The molecule has 0 atom stereocenters. The van der Waals surface area contributed by atoms with Gasteiger partial charge in [-0.05, 0) is 35.6 Å². The zero-order valence-corrected chi connectivity index (χ0v) is 18.6. The molecule has 0 unspecified atom stereocenters. The number of hydrogen-bond acceptors (Lipinski definition) is 7. The lowest BCUT2D eigenvalue weighted by atomic mass is 10.0. The maximum Gasteiger partial charge on any atom is 0.401 e. The quantitative estimate of drug-likeness (QED) is 0.376. The van der Waals surface area contributed by atoms with Crippen molar-refractivity contribution >= 4 is 11.7 Å². The fourth-order valence-corrected chi connectivity index (χ4v) is 3.78. The number of hydrogen-bond donors (Lipinski definition) is 1. The molecule has 184 valence electrons. The normalized spacial score (nSPS) is 14.4. The summed E-state index contributed by atoms with van der Waals surface area (Å²) in [6.45, 7) is 0. The molecule has 5 rings (SSSR count). The van der Waals surface area contributed by atoms with Crippen molar-refractivity contribution in [2.24, 2.45) is 0 Å². The first kappa shape index (κ1) is 23.5. The largest absolute Gasteiger partial charge is 0.401 e. The Labute approximate surface area is 201 Å². The highest BCUT2D eigenvalue weighted by atomic mass is 19.4. The van der Waals surface area contributed by atoms with Gasteiger partial charge in [-0.1, -0.05) is 17.3 Å². The predicted molar refractivity (Wildman–Crippen MR) is 118 cm³/mol. The van der Waals surface area contributed by atoms with Crippen molar-refractivity contribution in [3.63, 3.8) is 0 Å². The van der Waals surface area contributed by atoms with Gasteiger partial charge in [-0.15, -0.1) is 0 Å². The minimum atomic E-state index is -4.46. The summed E-state index contributed by atoms with van der Waals surface area (Å²) in [5.41, 5.74) is 0.0349. The van der Waals surface area contributed by atoms with Crippen molar-refractivity contribution in [1.82, 2.24) is 25.1 Å². The van der Waals surface area contributed by atoms with Gasteiger partial charge in [0.2, 0.25) is 5.91 Å². The van der Waals surface area contributed by atoms with Crippen molar-refractivity contribution in [3.05, 3.63) is 83.9 Å². The number of rotatable bonds is 7. The molecule has 1 aliphatic rings. The number of halogens is 4. The third kappa shape index (κ3) is 4.79. The van der Waals surface area contributed by atoms with E-state index in [1.165, 1.54) is 18.5 Å². The number of amides is 1. The molecule has 0 aliphatic heterocycles. The molecule has 0 radical (unpaired) electrons. The minimum Gasteiger partial charge on any atom is -0.358 e. The van der Waals surface area contributed by atoms with Crippen molar-refractivity contribution in [2.45, 2.75) is 37.3 Å². The van der Waals surface area contributed by atoms with Crippen molar-refractivity contribution < 1.29 is 26.9 Å². The van der Waals surface area contributed by atoms with E-state index in [9.17, 15) is 22.4 Å². The summed E-state index contributed by atoms with van der Waals surface area (Å²) in [5, 5.41) is 5.86. The van der Waals surface area contributed by atoms with E-state index < -0.39 is 23.3 Å². The summed E-state index contributed by atoms with van der Waals surface area (Å²) in [5.74, 6) is -1.20. The first-order valence-electron chi connectivity index (χ1n) is 10.9. The highest BCUT2D eigenvalue weighted by molar-refractivity contribution is 5.91. The van der Waals surface area contributed by atoms with Crippen LogP contribution in [-0.4, -0.2) is 37.2 Å². The van der Waals surface area contributed by atoms with E-state index >= 15 is 0 Å². The van der Waals surface area contributed by atoms with Gasteiger partial charge in [0.25, 0.3) is 0 Å². The van der Waals surface area contributed by atoms with Gasteiger partial charge in [0.1, 0.15) is 23.4 Å². The summed E-state index contributed by atoms with van der Waals surface area (Å²) in [6, 6.07) is 5.41. The van der Waals surface area contributed by atoms with E-state index in [1.54, 1.807) is 30.9 Å². The average Bonchev–Trinajstić information content (AvgIpc) is 3.55. The van der Waals surface area contributed by atoms with Gasteiger partial charge < -0.3 is 9.84 Å². The summed E-state index contributed by atoms with van der Waals surface area (Å²) in [4.78, 5) is 28.8. The molecule has 0 spiro atoms. The van der Waals surface area contributed by atoms with Crippen LogP contribution in [0.15, 0.2) is 59.9 Å². The fraction of sp³-hybridized carbons (Fsp3) is 0.250. The monoisotopic (exact) mass is 498 g/mol. The molecule has 0 bridgehead atoms. The second-order valence-electron chi connectivity index (χ2n) is 8.50. The first-order valence-corrected chi connectivity index (χ1v) is 10.9. The topological polar surface area (TPSA) is 107 Å². The molecule has 1 saturated carbocycles. The Morgan fingerprint density at radius 3 is 2.39 bits per heavy atom. The molecule has 1 aliphatic carbocycles. The lowest BCUT2D eigenvalue weighted by Crippen LogP contribution is -2.28. The third-order valence-corrected chi connectivity index (χ3v) is 5.96. The SMILES string of the molecule is O=C(Cc1ccc(-c2cnc(Cc3cncnc3)nc2)cc1F)Nc1cc(C2(C(F)(F)F)CC2)on1. The van der Waals surface area contributed by atoms with Crippen LogP contribution in [0.3, 0.4) is 0 Å². The van der Waals surface area contributed by atoms with Gasteiger partial charge in [0.15, 0.2) is 11.6 Å². The molecule has 8 nitrogen and oxygen atoms in total. The van der Waals surface area contributed by atoms with Crippen molar-refractivity contribution in [2.75, 3.05) is 5.32 Å². The zero-order chi connectivity index (χ0) is 25.3. The smallest absolute Gasteiger partial charge is 0.358 e. The molecule has 1 fully saturated rings. The molecular formula is C24H18F4N6O2. The Balaban J connectivity index is 1.22. The Bertz CT molecular complexity index is 1390. The van der Waals surface area contributed by atoms with Gasteiger partial charge in [-0.2, -0.15) is 13.2 Å². The van der Waals surface area contributed by atoms with Crippen LogP contribution >= 0.6 is 0 Å². The highest BCUT2D eigenvalue weighted by Crippen LogP contribution is 2.59. The minimum absolute atomic E-state index is 0.0909. The molecule has 1 N–H and O–H groups in total. The van der Waals surface area contributed by atoms with E-state index in [0.29, 0.717) is 23.4 Å². The second kappa shape index (κ2) is 9.10. The number of alkyl halides is 3. The van der Waals surface area contributed by atoms with Crippen LogP contribution in [0, 0.1) is 5.82 Å². The number of benzene rings is 1. The van der Waals surface area contributed by atoms with E-state index in [-0.39, 0.29) is 36.4 Å². The van der Waals surface area contributed by atoms with Crippen LogP contribution in [0.1, 0.15) is 35.6 Å². The number of anilines is 1. The fourth-order valence-electron chi connectivity index (χ4n) is 3.78. The lowest BCUT2D eigenvalue weighted by Gasteiger charge is -2.14. The third-order valence-electron chi connectivity index (χ3n) is 5.96. The van der Waals surface area contributed by atoms with Crippen LogP contribution in [-0.2, 0) is 23.1 Å². The molecule has 3 aromatic heterocycles. The Hall–Kier alpha value is -4.22. The summed E-state index contributed by atoms with van der Waals surface area (Å²) >= 11 is 0. The van der Waals surface area contributed by atoms with Gasteiger partial charge in [0.05, 0.1) is 6.42 Å². The summed E-state index contributed by atoms with van der Waals surface area (Å²) in [7, 11) is 0. The average molecular weight is 498 g/mol. The van der Waals surface area contributed by atoms with Crippen molar-refractivity contribution in [1.29, 1.82) is 0 Å². The maximum absolute atomic E-state index is 14.7. The Kier molecular flexibility index (Phi) is 5.94. The molecule has 1 amide bonds. The van der Waals surface area contributed by atoms with Crippen LogP contribution in [0.5, 0.6) is 0 Å². The molecule has 3 heterocycles. The number of aromatic nitrogens is 5. The molecule has 4 aromatic rings. The molecule has 0 saturated heterocycles. The summed E-state index contributed by atoms with van der Waals surface area (Å²) < 4.78 is 59.2. The number of carbonyl (C=O) groups excluding carboxylic acids is 1. The number of nitrogens with zero attached hydrogens (tertiary/aromatic N) is 5. The van der Waals surface area contributed by atoms with Crippen LogP contribution in [0.25, 0.3) is 11.1 Å². The number of nitrogens with one attached hydrogen (secondary N) is 1. The Morgan fingerprint density at radius 1 is 1.03 bits per heavy atom. The van der Waals surface area contributed by atoms with E-state index in [2.05, 4.69) is 30.4 Å². The molecule has 1 aromatic carbocycles. The second-order valence-corrected chi connectivity index (χ2v) is 8.50. The van der Waals surface area contributed by atoms with E-state index in [4.69, 9.17) is 4.52 Å². The zero-order valence-electron chi connectivity index (χ0n) is 18.6. The standard InChI is InChI=1S/C24H18F4N6O2/c25-18-6-15(17-11-31-20(32-12-17)5-14-9-29-13-30-10-14)1-2-16(18)7-22(35)33-21-8-19(36-34-21)23(3-4-23)24(26,27)28/h1-2,6,8-13H,3-5,7H2,(H,33,34,35). The van der Waals surface area contributed by atoms with Gasteiger partial charge >= 0.3 is 6.18 Å². The van der Waals surface area contributed by atoms with Crippen LogP contribution in [0.4, 0.5) is 23.4 Å². The van der Waals surface area contributed by atoms with Gasteiger partial charge in [-0.25, -0.2) is 24.3 Å². The van der Waals surface area contributed by atoms with Crippen molar-refractivity contribution in [3.8, 4) is 11.1 Å². The molecular weight excluding hydrogens is 480 g/mol. The predicted octanol–water partition coefficient (Wildman–Crippen LogP) is 4.43. The molecule has 36 heavy (non-hydrogen) atoms.